The lowest BCUT2D eigenvalue weighted by Crippen LogP contribution is -2.50. The van der Waals surface area contributed by atoms with Crippen LogP contribution in [0.15, 0.2) is 82.9 Å². The normalized spacial score (nSPS) is 17.0. The molecule has 5 rings (SSSR count). The van der Waals surface area contributed by atoms with E-state index in [2.05, 4.69) is 5.32 Å². The first-order valence-corrected chi connectivity index (χ1v) is 11.4. The summed E-state index contributed by atoms with van der Waals surface area (Å²) in [5, 5.41) is 12.2. The number of fused-ring (bicyclic) bond motifs is 2. The molecule has 1 amide bonds. The quantitative estimate of drug-likeness (QED) is 0.645. The number of carbonyl (C=O) groups excluding carboxylic acids is 1. The number of nitrogens with zero attached hydrogens (tertiary/aromatic N) is 3. The first-order valence-electron chi connectivity index (χ1n) is 10.00. The van der Waals surface area contributed by atoms with Crippen molar-refractivity contribution in [3.8, 4) is 5.75 Å². The molecule has 3 aromatic rings. The van der Waals surface area contributed by atoms with E-state index in [1.54, 1.807) is 12.1 Å². The summed E-state index contributed by atoms with van der Waals surface area (Å²) >= 11 is 7.43. The van der Waals surface area contributed by atoms with E-state index in [0.717, 1.165) is 27.5 Å². The SMILES string of the molecule is COc1ccc([C@@H]2N=c3ccccc3=C3C(=O)NC(SCc4ccc(Cl)cc4)=NN32)cc1. The number of hydrogen-bond acceptors (Lipinski definition) is 6. The van der Waals surface area contributed by atoms with Gasteiger partial charge in [-0.1, -0.05) is 65.8 Å². The third kappa shape index (κ3) is 3.97. The number of carbonyl (C=O) groups is 1. The van der Waals surface area contributed by atoms with Gasteiger partial charge in [0.1, 0.15) is 11.4 Å². The summed E-state index contributed by atoms with van der Waals surface area (Å²) < 4.78 is 5.28. The van der Waals surface area contributed by atoms with E-state index in [9.17, 15) is 4.79 Å². The molecule has 1 N–H and O–H groups in total. The van der Waals surface area contributed by atoms with E-state index < -0.39 is 6.17 Å². The van der Waals surface area contributed by atoms with Crippen molar-refractivity contribution in [2.24, 2.45) is 10.1 Å². The van der Waals surface area contributed by atoms with Crippen LogP contribution in [0, 0.1) is 0 Å². The Morgan fingerprint density at radius 3 is 2.56 bits per heavy atom. The van der Waals surface area contributed by atoms with Crippen LogP contribution in [0.2, 0.25) is 5.02 Å². The highest BCUT2D eigenvalue weighted by Crippen LogP contribution is 2.32. The zero-order valence-electron chi connectivity index (χ0n) is 17.2. The van der Waals surface area contributed by atoms with Crippen LogP contribution in [0.5, 0.6) is 5.75 Å². The van der Waals surface area contributed by atoms with Gasteiger partial charge >= 0.3 is 0 Å². The molecule has 3 aromatic carbocycles. The minimum Gasteiger partial charge on any atom is -0.497 e. The van der Waals surface area contributed by atoms with Gasteiger partial charge in [0.05, 0.1) is 12.5 Å². The first-order chi connectivity index (χ1) is 15.6. The Balaban J connectivity index is 1.53. The predicted molar refractivity (Wildman–Crippen MR) is 127 cm³/mol. The fourth-order valence-electron chi connectivity index (χ4n) is 3.62. The molecular formula is C24H19ClN4O2S. The van der Waals surface area contributed by atoms with Crippen LogP contribution in [0.4, 0.5) is 0 Å². The highest BCUT2D eigenvalue weighted by Gasteiger charge is 2.34. The van der Waals surface area contributed by atoms with Crippen LogP contribution in [0.25, 0.3) is 5.70 Å². The second-order valence-electron chi connectivity index (χ2n) is 7.26. The predicted octanol–water partition coefficient (Wildman–Crippen LogP) is 3.43. The summed E-state index contributed by atoms with van der Waals surface area (Å²) in [5.41, 5.74) is 2.50. The Morgan fingerprint density at radius 1 is 1.06 bits per heavy atom. The number of hydrazone groups is 1. The third-order valence-corrected chi connectivity index (χ3v) is 6.40. The Hall–Kier alpha value is -3.29. The molecule has 2 heterocycles. The van der Waals surface area contributed by atoms with Crippen molar-refractivity contribution < 1.29 is 9.53 Å². The van der Waals surface area contributed by atoms with Gasteiger partial charge in [0.25, 0.3) is 5.91 Å². The number of rotatable bonds is 4. The number of thioether (sulfide) groups is 1. The number of para-hydroxylation sites is 1. The van der Waals surface area contributed by atoms with Crippen LogP contribution in [0.1, 0.15) is 17.3 Å². The number of benzene rings is 3. The molecular weight excluding hydrogens is 444 g/mol. The zero-order chi connectivity index (χ0) is 22.1. The molecule has 32 heavy (non-hydrogen) atoms. The zero-order valence-corrected chi connectivity index (χ0v) is 18.7. The summed E-state index contributed by atoms with van der Waals surface area (Å²) in [4.78, 5) is 18.1. The highest BCUT2D eigenvalue weighted by molar-refractivity contribution is 8.13. The topological polar surface area (TPSA) is 66.3 Å². The maximum absolute atomic E-state index is 13.2. The first kappa shape index (κ1) is 20.6. The number of ether oxygens (including phenoxy) is 1. The largest absolute Gasteiger partial charge is 0.497 e. The van der Waals surface area contributed by atoms with Crippen molar-refractivity contribution in [2.75, 3.05) is 7.11 Å². The summed E-state index contributed by atoms with van der Waals surface area (Å²) in [6.45, 7) is 0. The van der Waals surface area contributed by atoms with Crippen LogP contribution in [-0.2, 0) is 10.5 Å². The molecule has 8 heteroatoms. The minimum atomic E-state index is -0.456. The van der Waals surface area contributed by atoms with Crippen molar-refractivity contribution >= 4 is 40.1 Å². The average Bonchev–Trinajstić information content (AvgIpc) is 2.83. The Labute approximate surface area is 194 Å². The van der Waals surface area contributed by atoms with Gasteiger partial charge < -0.3 is 4.74 Å². The maximum Gasteiger partial charge on any atom is 0.276 e. The average molecular weight is 463 g/mol. The van der Waals surface area contributed by atoms with Crippen molar-refractivity contribution in [3.63, 3.8) is 0 Å². The van der Waals surface area contributed by atoms with Crippen LogP contribution in [0.3, 0.4) is 0 Å². The van der Waals surface area contributed by atoms with E-state index in [4.69, 9.17) is 26.4 Å². The maximum atomic E-state index is 13.2. The molecule has 2 aliphatic heterocycles. The molecule has 2 aliphatic rings. The molecule has 0 unspecified atom stereocenters. The van der Waals surface area contributed by atoms with Crippen molar-refractivity contribution in [3.05, 3.63) is 99.5 Å². The Morgan fingerprint density at radius 2 is 1.81 bits per heavy atom. The molecule has 160 valence electrons. The monoisotopic (exact) mass is 462 g/mol. The molecule has 6 nitrogen and oxygen atoms in total. The van der Waals surface area contributed by atoms with E-state index in [-0.39, 0.29) is 5.91 Å². The third-order valence-electron chi connectivity index (χ3n) is 5.22. The van der Waals surface area contributed by atoms with Gasteiger partial charge in [-0.05, 0) is 41.5 Å². The van der Waals surface area contributed by atoms with Gasteiger partial charge in [-0.2, -0.15) is 0 Å². The van der Waals surface area contributed by atoms with E-state index in [0.29, 0.717) is 21.6 Å². The van der Waals surface area contributed by atoms with Gasteiger partial charge in [-0.3, -0.25) is 15.1 Å². The number of amidine groups is 1. The highest BCUT2D eigenvalue weighted by atomic mass is 35.5. The summed E-state index contributed by atoms with van der Waals surface area (Å²) in [6.07, 6.45) is -0.456. The number of methoxy groups -OCH3 is 1. The fraction of sp³-hybridized carbons (Fsp3) is 0.125. The van der Waals surface area contributed by atoms with Gasteiger partial charge in [0.15, 0.2) is 11.3 Å². The van der Waals surface area contributed by atoms with Gasteiger partial charge in [0.2, 0.25) is 0 Å². The molecule has 0 aromatic heterocycles. The van der Waals surface area contributed by atoms with Gasteiger partial charge in [-0.15, -0.1) is 5.10 Å². The van der Waals surface area contributed by atoms with Crippen molar-refractivity contribution in [1.29, 1.82) is 0 Å². The minimum absolute atomic E-state index is 0.195. The lowest BCUT2D eigenvalue weighted by molar-refractivity contribution is -0.116. The van der Waals surface area contributed by atoms with Crippen LogP contribution >= 0.6 is 23.4 Å². The Bertz CT molecular complexity index is 1320. The standard InChI is InChI=1S/C24H19ClN4O2S/c1-31-18-12-8-16(9-13-18)22-26-20-5-3-2-4-19(20)21-23(30)27-24(28-29(21)22)32-14-15-6-10-17(25)11-7-15/h2-13,22H,14H2,1H3,(H,27,28,30)/t22-/m1/s1. The van der Waals surface area contributed by atoms with Crippen LogP contribution in [-0.4, -0.2) is 23.2 Å². The molecule has 0 saturated carbocycles. The van der Waals surface area contributed by atoms with Crippen molar-refractivity contribution in [2.45, 2.75) is 11.9 Å². The smallest absolute Gasteiger partial charge is 0.276 e. The fourth-order valence-corrected chi connectivity index (χ4v) is 4.55. The molecule has 0 radical (unpaired) electrons. The van der Waals surface area contributed by atoms with Gasteiger partial charge in [-0.25, -0.2) is 5.01 Å². The molecule has 0 bridgehead atoms. The van der Waals surface area contributed by atoms with Gasteiger partial charge in [0, 0.05) is 16.0 Å². The number of hydrogen-bond donors (Lipinski definition) is 1. The molecule has 0 fully saturated rings. The molecule has 0 aliphatic carbocycles. The van der Waals surface area contributed by atoms with E-state index in [1.165, 1.54) is 11.8 Å². The summed E-state index contributed by atoms with van der Waals surface area (Å²) in [5.74, 6) is 1.22. The van der Waals surface area contributed by atoms with Crippen LogP contribution < -0.4 is 20.6 Å². The lowest BCUT2D eigenvalue weighted by atomic mass is 10.1. The number of nitrogens with one attached hydrogen (secondary N) is 1. The van der Waals surface area contributed by atoms with E-state index in [1.807, 2.05) is 72.8 Å². The molecule has 0 spiro atoms. The second kappa shape index (κ2) is 8.68. The number of amides is 1. The Kier molecular flexibility index (Phi) is 5.59. The van der Waals surface area contributed by atoms with E-state index >= 15 is 0 Å². The lowest BCUT2D eigenvalue weighted by Gasteiger charge is -2.34. The summed E-state index contributed by atoms with van der Waals surface area (Å²) in [7, 11) is 1.63. The summed E-state index contributed by atoms with van der Waals surface area (Å²) in [6, 6.07) is 22.9. The second-order valence-corrected chi connectivity index (χ2v) is 8.66. The van der Waals surface area contributed by atoms with Crippen molar-refractivity contribution in [1.82, 2.24) is 10.3 Å². The number of halogens is 1. The molecule has 1 atom stereocenters. The molecule has 0 saturated heterocycles.